The third-order valence-electron chi connectivity index (χ3n) is 4.68. The standard InChI is InChI=1S/C23H24ClN3O5/c1-30-20-8-7-16(11-21(20)31-2)9-10-25-22(28)15-32-23(29)18-12-26-27(14-18)13-17-5-3-4-6-19(17)24/h3-8,11-12,14H,9-10,13,15H2,1-2H3,(H,25,28). The van der Waals surface area contributed by atoms with E-state index >= 15 is 0 Å². The molecule has 8 nitrogen and oxygen atoms in total. The van der Waals surface area contributed by atoms with Gasteiger partial charge in [0.1, 0.15) is 0 Å². The second-order valence-electron chi connectivity index (χ2n) is 6.88. The Hall–Kier alpha value is -3.52. The molecule has 0 bridgehead atoms. The van der Waals surface area contributed by atoms with E-state index in [0.717, 1.165) is 11.1 Å². The number of aromatic nitrogens is 2. The van der Waals surface area contributed by atoms with Gasteiger partial charge in [-0.25, -0.2) is 4.79 Å². The van der Waals surface area contributed by atoms with Gasteiger partial charge in [0, 0.05) is 17.8 Å². The summed E-state index contributed by atoms with van der Waals surface area (Å²) >= 11 is 6.15. The zero-order chi connectivity index (χ0) is 22.9. The van der Waals surface area contributed by atoms with Crippen molar-refractivity contribution in [2.24, 2.45) is 0 Å². The molecule has 0 unspecified atom stereocenters. The van der Waals surface area contributed by atoms with Gasteiger partial charge in [0.25, 0.3) is 5.91 Å². The van der Waals surface area contributed by atoms with Crippen LogP contribution >= 0.6 is 11.6 Å². The van der Waals surface area contributed by atoms with Gasteiger partial charge in [-0.05, 0) is 35.7 Å². The van der Waals surface area contributed by atoms with Gasteiger partial charge in [-0.2, -0.15) is 5.10 Å². The Bertz CT molecular complexity index is 1080. The zero-order valence-electron chi connectivity index (χ0n) is 17.8. The maximum Gasteiger partial charge on any atom is 0.341 e. The Morgan fingerprint density at radius 3 is 2.62 bits per heavy atom. The summed E-state index contributed by atoms with van der Waals surface area (Å²) < 4.78 is 17.1. The number of halogens is 1. The van der Waals surface area contributed by atoms with Crippen LogP contribution < -0.4 is 14.8 Å². The van der Waals surface area contributed by atoms with Crippen LogP contribution in [0.15, 0.2) is 54.9 Å². The van der Waals surface area contributed by atoms with Gasteiger partial charge in [-0.15, -0.1) is 0 Å². The lowest BCUT2D eigenvalue weighted by Crippen LogP contribution is -2.30. The van der Waals surface area contributed by atoms with Crippen LogP contribution in [0.5, 0.6) is 11.5 Å². The van der Waals surface area contributed by atoms with Crippen molar-refractivity contribution in [1.82, 2.24) is 15.1 Å². The number of nitrogens with zero attached hydrogens (tertiary/aromatic N) is 2. The van der Waals surface area contributed by atoms with Gasteiger partial charge >= 0.3 is 5.97 Å². The number of hydrogen-bond donors (Lipinski definition) is 1. The van der Waals surface area contributed by atoms with Crippen molar-refractivity contribution in [1.29, 1.82) is 0 Å². The van der Waals surface area contributed by atoms with Gasteiger partial charge in [0.2, 0.25) is 0 Å². The minimum Gasteiger partial charge on any atom is -0.493 e. The first kappa shape index (κ1) is 23.1. The van der Waals surface area contributed by atoms with E-state index in [1.807, 2.05) is 36.4 Å². The average Bonchev–Trinajstić information content (AvgIpc) is 3.27. The number of ether oxygens (including phenoxy) is 3. The summed E-state index contributed by atoms with van der Waals surface area (Å²) in [4.78, 5) is 24.2. The highest BCUT2D eigenvalue weighted by Gasteiger charge is 2.13. The summed E-state index contributed by atoms with van der Waals surface area (Å²) in [7, 11) is 3.14. The molecule has 0 radical (unpaired) electrons. The van der Waals surface area contributed by atoms with Gasteiger partial charge in [0.05, 0.1) is 32.5 Å². The lowest BCUT2D eigenvalue weighted by atomic mass is 10.1. The quantitative estimate of drug-likeness (QED) is 0.470. The Morgan fingerprint density at radius 1 is 1.09 bits per heavy atom. The molecule has 1 N–H and O–H groups in total. The Morgan fingerprint density at radius 2 is 1.88 bits per heavy atom. The molecular weight excluding hydrogens is 434 g/mol. The van der Waals surface area contributed by atoms with Gasteiger partial charge in [-0.3, -0.25) is 9.48 Å². The van der Waals surface area contributed by atoms with E-state index in [4.69, 9.17) is 25.8 Å². The number of amides is 1. The van der Waals surface area contributed by atoms with Crippen LogP contribution in [0.2, 0.25) is 5.02 Å². The van der Waals surface area contributed by atoms with Crippen LogP contribution in [0.4, 0.5) is 0 Å². The van der Waals surface area contributed by atoms with E-state index in [2.05, 4.69) is 10.4 Å². The normalized spacial score (nSPS) is 10.5. The lowest BCUT2D eigenvalue weighted by Gasteiger charge is -2.10. The van der Waals surface area contributed by atoms with E-state index < -0.39 is 5.97 Å². The molecule has 0 aliphatic carbocycles. The minimum atomic E-state index is -0.620. The lowest BCUT2D eigenvalue weighted by molar-refractivity contribution is -0.124. The molecule has 0 fully saturated rings. The fourth-order valence-corrected chi connectivity index (χ4v) is 3.20. The van der Waals surface area contributed by atoms with Gasteiger partial charge in [-0.1, -0.05) is 35.9 Å². The molecule has 1 heterocycles. The molecule has 9 heteroatoms. The van der Waals surface area contributed by atoms with E-state index in [-0.39, 0.29) is 18.1 Å². The summed E-state index contributed by atoms with van der Waals surface area (Å²) in [6.45, 7) is 0.436. The predicted octanol–water partition coefficient (Wildman–Crippen LogP) is 3.12. The topological polar surface area (TPSA) is 91.7 Å². The molecule has 32 heavy (non-hydrogen) atoms. The molecule has 0 atom stereocenters. The number of methoxy groups -OCH3 is 2. The molecular formula is C23H24ClN3O5. The minimum absolute atomic E-state index is 0.259. The number of carbonyl (C=O) groups excluding carboxylic acids is 2. The van der Waals surface area contributed by atoms with Crippen molar-refractivity contribution in [3.8, 4) is 11.5 Å². The molecule has 0 spiro atoms. The van der Waals surface area contributed by atoms with Crippen LogP contribution in [-0.4, -0.2) is 49.0 Å². The van der Waals surface area contributed by atoms with Crippen molar-refractivity contribution in [2.75, 3.05) is 27.4 Å². The first-order valence-electron chi connectivity index (χ1n) is 9.90. The monoisotopic (exact) mass is 457 g/mol. The van der Waals surface area contributed by atoms with E-state index in [1.165, 1.54) is 6.20 Å². The van der Waals surface area contributed by atoms with E-state index in [1.54, 1.807) is 31.2 Å². The molecule has 2 aromatic carbocycles. The SMILES string of the molecule is COc1ccc(CCNC(=O)COC(=O)c2cnn(Cc3ccccc3Cl)c2)cc1OC. The fourth-order valence-electron chi connectivity index (χ4n) is 3.00. The third kappa shape index (κ3) is 6.24. The van der Waals surface area contributed by atoms with Crippen LogP contribution in [0.3, 0.4) is 0 Å². The molecule has 0 aliphatic heterocycles. The van der Waals surface area contributed by atoms with Crippen LogP contribution in [0.25, 0.3) is 0 Å². The number of carbonyl (C=O) groups is 2. The highest BCUT2D eigenvalue weighted by molar-refractivity contribution is 6.31. The summed E-state index contributed by atoms with van der Waals surface area (Å²) in [6, 6.07) is 13.0. The van der Waals surface area contributed by atoms with Gasteiger partial charge < -0.3 is 19.5 Å². The maximum absolute atomic E-state index is 12.2. The molecule has 1 aromatic heterocycles. The van der Waals surface area contributed by atoms with Gasteiger partial charge in [0.15, 0.2) is 18.1 Å². The van der Waals surface area contributed by atoms with E-state index in [0.29, 0.717) is 36.0 Å². The average molecular weight is 458 g/mol. The van der Waals surface area contributed by atoms with Crippen molar-refractivity contribution in [2.45, 2.75) is 13.0 Å². The number of nitrogens with one attached hydrogen (secondary N) is 1. The van der Waals surface area contributed by atoms with Crippen LogP contribution in [0.1, 0.15) is 21.5 Å². The highest BCUT2D eigenvalue weighted by Crippen LogP contribution is 2.27. The van der Waals surface area contributed by atoms with Crippen molar-refractivity contribution >= 4 is 23.5 Å². The summed E-state index contributed by atoms with van der Waals surface area (Å²) in [5.41, 5.74) is 2.12. The molecule has 168 valence electrons. The van der Waals surface area contributed by atoms with E-state index in [9.17, 15) is 9.59 Å². The summed E-state index contributed by atoms with van der Waals surface area (Å²) in [6.07, 6.45) is 3.55. The van der Waals surface area contributed by atoms with Crippen LogP contribution in [0, 0.1) is 0 Å². The highest BCUT2D eigenvalue weighted by atomic mass is 35.5. The number of rotatable bonds is 10. The first-order chi connectivity index (χ1) is 15.5. The molecule has 0 saturated carbocycles. The van der Waals surface area contributed by atoms with Crippen molar-refractivity contribution in [3.63, 3.8) is 0 Å². The fraction of sp³-hybridized carbons (Fsp3) is 0.261. The smallest absolute Gasteiger partial charge is 0.341 e. The Balaban J connectivity index is 1.43. The largest absolute Gasteiger partial charge is 0.493 e. The third-order valence-corrected chi connectivity index (χ3v) is 5.05. The second kappa shape index (κ2) is 11.2. The Labute approximate surface area is 191 Å². The number of esters is 1. The molecule has 0 saturated heterocycles. The predicted molar refractivity (Wildman–Crippen MR) is 119 cm³/mol. The molecule has 3 rings (SSSR count). The van der Waals surface area contributed by atoms with Crippen LogP contribution in [-0.2, 0) is 22.5 Å². The molecule has 1 amide bonds. The molecule has 3 aromatic rings. The van der Waals surface area contributed by atoms with Crippen molar-refractivity contribution in [3.05, 3.63) is 76.6 Å². The molecule has 0 aliphatic rings. The first-order valence-corrected chi connectivity index (χ1v) is 10.3. The summed E-state index contributed by atoms with van der Waals surface area (Å²) in [5.74, 6) is 0.260. The number of benzene rings is 2. The maximum atomic E-state index is 12.2. The van der Waals surface area contributed by atoms with Crippen molar-refractivity contribution < 1.29 is 23.8 Å². The zero-order valence-corrected chi connectivity index (χ0v) is 18.6. The Kier molecular flexibility index (Phi) is 8.10. The summed E-state index contributed by atoms with van der Waals surface area (Å²) in [5, 5.41) is 7.49. The second-order valence-corrected chi connectivity index (χ2v) is 7.29. The number of hydrogen-bond acceptors (Lipinski definition) is 6.